The van der Waals surface area contributed by atoms with Crippen LogP contribution in [0.5, 0.6) is 5.75 Å². The number of aryl methyl sites for hydroxylation is 1. The molecule has 0 aliphatic carbocycles. The Balaban J connectivity index is 2.45. The number of methoxy groups -OCH3 is 1. The fourth-order valence-electron chi connectivity index (χ4n) is 1.59. The molecule has 9 heteroatoms. The zero-order valence-electron chi connectivity index (χ0n) is 11.1. The molecule has 0 amide bonds. The van der Waals surface area contributed by atoms with Crippen molar-refractivity contribution in [2.24, 2.45) is 0 Å². The van der Waals surface area contributed by atoms with Crippen LogP contribution in [-0.4, -0.2) is 25.5 Å². The summed E-state index contributed by atoms with van der Waals surface area (Å²) in [4.78, 5) is 8.05. The van der Waals surface area contributed by atoms with Crippen LogP contribution in [0.25, 0.3) is 0 Å². The highest BCUT2D eigenvalue weighted by atomic mass is 79.9. The van der Waals surface area contributed by atoms with Gasteiger partial charge in [0.2, 0.25) is 0 Å². The summed E-state index contributed by atoms with van der Waals surface area (Å²) in [6.45, 7) is 1.80. The summed E-state index contributed by atoms with van der Waals surface area (Å²) in [7, 11) is -2.42. The highest BCUT2D eigenvalue weighted by Crippen LogP contribution is 2.28. The highest BCUT2D eigenvalue weighted by molar-refractivity contribution is 9.11. The van der Waals surface area contributed by atoms with Crippen LogP contribution in [-0.2, 0) is 10.0 Å². The summed E-state index contributed by atoms with van der Waals surface area (Å²) in [6, 6.07) is 4.90. The van der Waals surface area contributed by atoms with E-state index in [-0.39, 0.29) is 21.1 Å². The van der Waals surface area contributed by atoms with Gasteiger partial charge in [-0.2, -0.15) is 0 Å². The minimum Gasteiger partial charge on any atom is -0.495 e. The second kappa shape index (κ2) is 6.29. The monoisotopic (exact) mass is 435 g/mol. The van der Waals surface area contributed by atoms with Crippen molar-refractivity contribution in [3.8, 4) is 5.75 Å². The van der Waals surface area contributed by atoms with Crippen molar-refractivity contribution in [2.75, 3.05) is 11.8 Å². The van der Waals surface area contributed by atoms with E-state index in [4.69, 9.17) is 4.74 Å². The van der Waals surface area contributed by atoms with Gasteiger partial charge in [-0.05, 0) is 56.5 Å². The first kappa shape index (κ1) is 16.2. The largest absolute Gasteiger partial charge is 0.495 e. The highest BCUT2D eigenvalue weighted by Gasteiger charge is 2.21. The average molecular weight is 437 g/mol. The summed E-state index contributed by atoms with van der Waals surface area (Å²) < 4.78 is 33.2. The van der Waals surface area contributed by atoms with Crippen LogP contribution in [0.1, 0.15) is 5.56 Å². The van der Waals surface area contributed by atoms with Gasteiger partial charge in [-0.15, -0.1) is 0 Å². The first-order valence-electron chi connectivity index (χ1n) is 5.69. The third-order valence-corrected chi connectivity index (χ3v) is 4.84. The van der Waals surface area contributed by atoms with E-state index >= 15 is 0 Å². The molecule has 0 aliphatic heterocycles. The Bertz CT molecular complexity index is 781. The van der Waals surface area contributed by atoms with Gasteiger partial charge < -0.3 is 4.74 Å². The lowest BCUT2D eigenvalue weighted by molar-refractivity contribution is 0.402. The maximum Gasteiger partial charge on any atom is 0.266 e. The number of nitrogens with zero attached hydrogens (tertiary/aromatic N) is 2. The van der Waals surface area contributed by atoms with Crippen LogP contribution >= 0.6 is 31.9 Å². The topological polar surface area (TPSA) is 81.2 Å². The lowest BCUT2D eigenvalue weighted by atomic mass is 10.2. The van der Waals surface area contributed by atoms with Crippen molar-refractivity contribution >= 4 is 47.7 Å². The lowest BCUT2D eigenvalue weighted by Crippen LogP contribution is -2.16. The molecule has 0 atom stereocenters. The summed E-state index contributed by atoms with van der Waals surface area (Å²) in [5, 5.41) is 0. The second-order valence-electron chi connectivity index (χ2n) is 4.09. The number of anilines is 1. The number of ether oxygens (including phenoxy) is 1. The molecule has 0 unspecified atom stereocenters. The quantitative estimate of drug-likeness (QED) is 0.796. The van der Waals surface area contributed by atoms with Gasteiger partial charge in [-0.25, -0.2) is 18.4 Å². The van der Waals surface area contributed by atoms with Gasteiger partial charge in [0, 0.05) is 0 Å². The smallest absolute Gasteiger partial charge is 0.266 e. The fourth-order valence-corrected chi connectivity index (χ4v) is 3.90. The van der Waals surface area contributed by atoms with Crippen molar-refractivity contribution in [1.82, 2.24) is 9.97 Å². The first-order chi connectivity index (χ1) is 9.83. The van der Waals surface area contributed by atoms with Crippen molar-refractivity contribution in [3.05, 3.63) is 39.2 Å². The molecular formula is C12H11Br2N3O3S. The maximum absolute atomic E-state index is 12.5. The second-order valence-corrected chi connectivity index (χ2v) is 7.31. The molecule has 0 spiro atoms. The fraction of sp³-hybridized carbons (Fsp3) is 0.167. The van der Waals surface area contributed by atoms with Crippen LogP contribution in [0.3, 0.4) is 0 Å². The Kier molecular flexibility index (Phi) is 4.84. The molecule has 1 aromatic carbocycles. The van der Waals surface area contributed by atoms with Gasteiger partial charge in [-0.1, -0.05) is 6.07 Å². The molecule has 1 heterocycles. The van der Waals surface area contributed by atoms with Crippen LogP contribution in [0, 0.1) is 6.92 Å². The molecule has 0 bridgehead atoms. The molecule has 112 valence electrons. The predicted octanol–water partition coefficient (Wildman–Crippen LogP) is 3.12. The van der Waals surface area contributed by atoms with Gasteiger partial charge in [0.1, 0.15) is 15.2 Å². The SMILES string of the molecule is COc1ccc(C)cc1S(=O)(=O)Nc1ncc(Br)nc1Br. The van der Waals surface area contributed by atoms with Crippen LogP contribution in [0.2, 0.25) is 0 Å². The van der Waals surface area contributed by atoms with Gasteiger partial charge in [0.15, 0.2) is 10.4 Å². The zero-order chi connectivity index (χ0) is 15.6. The molecule has 6 nitrogen and oxygen atoms in total. The van der Waals surface area contributed by atoms with E-state index in [1.807, 2.05) is 0 Å². The molecule has 2 aromatic rings. The summed E-state index contributed by atoms with van der Waals surface area (Å²) >= 11 is 6.31. The Labute approximate surface area is 139 Å². The van der Waals surface area contributed by atoms with E-state index in [2.05, 4.69) is 46.5 Å². The number of aromatic nitrogens is 2. The van der Waals surface area contributed by atoms with E-state index in [1.165, 1.54) is 19.4 Å². The lowest BCUT2D eigenvalue weighted by Gasteiger charge is -2.12. The molecule has 2 rings (SSSR count). The Morgan fingerprint density at radius 1 is 1.29 bits per heavy atom. The molecule has 0 saturated carbocycles. The van der Waals surface area contributed by atoms with Crippen molar-refractivity contribution in [1.29, 1.82) is 0 Å². The van der Waals surface area contributed by atoms with Gasteiger partial charge >= 0.3 is 0 Å². The predicted molar refractivity (Wildman–Crippen MR) is 86.0 cm³/mol. The first-order valence-corrected chi connectivity index (χ1v) is 8.76. The number of hydrogen-bond donors (Lipinski definition) is 1. The number of nitrogens with one attached hydrogen (secondary N) is 1. The molecule has 0 radical (unpaired) electrons. The van der Waals surface area contributed by atoms with Crippen LogP contribution in [0.15, 0.2) is 38.5 Å². The van der Waals surface area contributed by atoms with E-state index in [0.29, 0.717) is 4.60 Å². The molecule has 0 aliphatic rings. The number of hydrogen-bond acceptors (Lipinski definition) is 5. The molecule has 1 aromatic heterocycles. The van der Waals surface area contributed by atoms with Gasteiger partial charge in [0.25, 0.3) is 10.0 Å². The average Bonchev–Trinajstić information content (AvgIpc) is 2.42. The van der Waals surface area contributed by atoms with Crippen molar-refractivity contribution in [3.63, 3.8) is 0 Å². The summed E-state index contributed by atoms with van der Waals surface area (Å²) in [5.41, 5.74) is 0.803. The molecular weight excluding hydrogens is 426 g/mol. The third kappa shape index (κ3) is 3.72. The van der Waals surface area contributed by atoms with Gasteiger partial charge in [0.05, 0.1) is 13.3 Å². The maximum atomic E-state index is 12.5. The number of rotatable bonds is 4. The number of halogens is 2. The minimum absolute atomic E-state index is 0.0432. The van der Waals surface area contributed by atoms with Gasteiger partial charge in [-0.3, -0.25) is 4.72 Å². The van der Waals surface area contributed by atoms with E-state index in [9.17, 15) is 8.42 Å². The molecule has 1 N–H and O–H groups in total. The number of benzene rings is 1. The minimum atomic E-state index is -3.84. The standard InChI is InChI=1S/C12H11Br2N3O3S/c1-7-3-4-8(20-2)9(5-7)21(18,19)17-12-11(14)16-10(13)6-15-12/h3-6H,1-2H3,(H,15,17). The van der Waals surface area contributed by atoms with E-state index in [1.54, 1.807) is 19.1 Å². The van der Waals surface area contributed by atoms with Crippen LogP contribution < -0.4 is 9.46 Å². The van der Waals surface area contributed by atoms with Crippen molar-refractivity contribution < 1.29 is 13.2 Å². The van der Waals surface area contributed by atoms with Crippen molar-refractivity contribution in [2.45, 2.75) is 11.8 Å². The zero-order valence-corrected chi connectivity index (χ0v) is 15.1. The van der Waals surface area contributed by atoms with Crippen LogP contribution in [0.4, 0.5) is 5.82 Å². The molecule has 21 heavy (non-hydrogen) atoms. The van der Waals surface area contributed by atoms with E-state index in [0.717, 1.165) is 5.56 Å². The Morgan fingerprint density at radius 3 is 2.62 bits per heavy atom. The summed E-state index contributed by atoms with van der Waals surface area (Å²) in [5.74, 6) is 0.357. The Morgan fingerprint density at radius 2 is 2.00 bits per heavy atom. The normalized spacial score (nSPS) is 11.2. The molecule has 0 saturated heterocycles. The molecule has 0 fully saturated rings. The summed E-state index contributed by atoms with van der Waals surface area (Å²) in [6.07, 6.45) is 1.40. The number of sulfonamides is 1. The third-order valence-electron chi connectivity index (χ3n) is 2.54. The van der Waals surface area contributed by atoms with E-state index < -0.39 is 10.0 Å². The Hall–Kier alpha value is -1.19.